The summed E-state index contributed by atoms with van der Waals surface area (Å²) in [5.74, 6) is -0.880. The zero-order chi connectivity index (χ0) is 14.5. The van der Waals surface area contributed by atoms with Crippen molar-refractivity contribution in [1.29, 1.82) is 0 Å². The fourth-order valence-electron chi connectivity index (χ4n) is 2.56. The van der Waals surface area contributed by atoms with Gasteiger partial charge in [-0.3, -0.25) is 5.32 Å². The highest BCUT2D eigenvalue weighted by Crippen LogP contribution is 2.31. The molecule has 0 radical (unpaired) electrons. The van der Waals surface area contributed by atoms with Gasteiger partial charge in [0, 0.05) is 6.07 Å². The summed E-state index contributed by atoms with van der Waals surface area (Å²) < 4.78 is 31.1. The second kappa shape index (κ2) is 6.65. The number of benzene rings is 1. The third-order valence-electron chi connectivity index (χ3n) is 3.72. The third-order valence-corrected chi connectivity index (χ3v) is 3.72. The van der Waals surface area contributed by atoms with Crippen LogP contribution in [-0.2, 0) is 4.74 Å². The molecule has 0 heterocycles. The summed E-state index contributed by atoms with van der Waals surface area (Å²) in [5, 5.41) is 2.26. The predicted octanol–water partition coefficient (Wildman–Crippen LogP) is 2.89. The maximum Gasteiger partial charge on any atom is 0.411 e. The minimum atomic E-state index is -0.831. The zero-order valence-electron chi connectivity index (χ0n) is 11.1. The number of hydrogen-bond donors (Lipinski definition) is 2. The third kappa shape index (κ3) is 3.66. The van der Waals surface area contributed by atoms with Gasteiger partial charge in [0.05, 0.1) is 12.3 Å². The van der Waals surface area contributed by atoms with Crippen molar-refractivity contribution in [2.24, 2.45) is 17.6 Å². The Morgan fingerprint density at radius 1 is 1.35 bits per heavy atom. The fourth-order valence-corrected chi connectivity index (χ4v) is 2.56. The Kier molecular flexibility index (Phi) is 4.89. The Balaban J connectivity index is 1.83. The summed E-state index contributed by atoms with van der Waals surface area (Å²) in [5.41, 5.74) is 5.55. The molecule has 0 aliphatic heterocycles. The number of anilines is 1. The van der Waals surface area contributed by atoms with Gasteiger partial charge in [0.25, 0.3) is 0 Å². The molecule has 2 rings (SSSR count). The Bertz CT molecular complexity index is 482. The molecular weight excluding hydrogens is 266 g/mol. The summed E-state index contributed by atoms with van der Waals surface area (Å²) >= 11 is 0. The Labute approximate surface area is 116 Å². The molecule has 0 bridgehead atoms. The molecule has 2 atom stereocenters. The summed E-state index contributed by atoms with van der Waals surface area (Å²) in [6.07, 6.45) is 2.39. The average Bonchev–Trinajstić information content (AvgIpc) is 2.87. The molecule has 1 aromatic carbocycles. The molecule has 1 saturated carbocycles. The van der Waals surface area contributed by atoms with Crippen LogP contribution < -0.4 is 11.1 Å². The highest BCUT2D eigenvalue weighted by molar-refractivity contribution is 5.84. The maximum atomic E-state index is 13.3. The van der Waals surface area contributed by atoms with Crippen molar-refractivity contribution < 1.29 is 18.3 Å². The summed E-state index contributed by atoms with van der Waals surface area (Å²) in [6.45, 7) is 0.860. The largest absolute Gasteiger partial charge is 0.449 e. The van der Waals surface area contributed by atoms with E-state index >= 15 is 0 Å². The Morgan fingerprint density at radius 2 is 2.10 bits per heavy atom. The number of amides is 1. The average molecular weight is 284 g/mol. The number of hydrogen-bond acceptors (Lipinski definition) is 3. The summed E-state index contributed by atoms with van der Waals surface area (Å²) in [6, 6.07) is 2.93. The lowest BCUT2D eigenvalue weighted by molar-refractivity contribution is 0.130. The first-order valence-corrected chi connectivity index (χ1v) is 6.69. The molecule has 1 aliphatic carbocycles. The first-order valence-electron chi connectivity index (χ1n) is 6.69. The number of nitrogens with two attached hydrogens (primary N) is 1. The number of carbonyl (C=O) groups is 1. The van der Waals surface area contributed by atoms with E-state index in [-0.39, 0.29) is 18.2 Å². The molecule has 4 nitrogen and oxygen atoms in total. The van der Waals surface area contributed by atoms with E-state index in [0.717, 1.165) is 31.4 Å². The number of rotatable bonds is 4. The van der Waals surface area contributed by atoms with Gasteiger partial charge in [-0.05, 0) is 43.4 Å². The Hall–Kier alpha value is -1.69. The molecule has 2 unspecified atom stereocenters. The van der Waals surface area contributed by atoms with E-state index in [2.05, 4.69) is 5.32 Å². The molecule has 1 fully saturated rings. The van der Waals surface area contributed by atoms with E-state index in [4.69, 9.17) is 10.5 Å². The second-order valence-electron chi connectivity index (χ2n) is 5.03. The van der Waals surface area contributed by atoms with Gasteiger partial charge in [-0.25, -0.2) is 13.6 Å². The van der Waals surface area contributed by atoms with Crippen LogP contribution in [0.4, 0.5) is 19.3 Å². The van der Waals surface area contributed by atoms with Gasteiger partial charge in [0.2, 0.25) is 0 Å². The van der Waals surface area contributed by atoms with Crippen LogP contribution in [0.5, 0.6) is 0 Å². The number of ether oxygens (including phenoxy) is 1. The number of halogens is 2. The minimum absolute atomic E-state index is 0.0989. The van der Waals surface area contributed by atoms with Crippen LogP contribution >= 0.6 is 0 Å². The highest BCUT2D eigenvalue weighted by Gasteiger charge is 2.27. The SMILES string of the molecule is NCC1CCCC1COC(=O)Nc1ccc(F)cc1F. The summed E-state index contributed by atoms with van der Waals surface area (Å²) in [7, 11) is 0. The van der Waals surface area contributed by atoms with E-state index in [9.17, 15) is 13.6 Å². The van der Waals surface area contributed by atoms with Crippen molar-refractivity contribution in [2.45, 2.75) is 19.3 Å². The van der Waals surface area contributed by atoms with Gasteiger partial charge in [0.1, 0.15) is 11.6 Å². The van der Waals surface area contributed by atoms with Crippen LogP contribution in [0.1, 0.15) is 19.3 Å². The molecule has 1 amide bonds. The monoisotopic (exact) mass is 284 g/mol. The molecule has 1 aromatic rings. The van der Waals surface area contributed by atoms with E-state index in [1.165, 1.54) is 0 Å². The molecule has 1 aliphatic rings. The fraction of sp³-hybridized carbons (Fsp3) is 0.500. The van der Waals surface area contributed by atoms with E-state index in [1.54, 1.807) is 0 Å². The van der Waals surface area contributed by atoms with Crippen LogP contribution in [-0.4, -0.2) is 19.2 Å². The van der Waals surface area contributed by atoms with Gasteiger partial charge in [-0.15, -0.1) is 0 Å². The van der Waals surface area contributed by atoms with Gasteiger partial charge in [-0.1, -0.05) is 6.42 Å². The lowest BCUT2D eigenvalue weighted by Gasteiger charge is -2.17. The van der Waals surface area contributed by atoms with Gasteiger partial charge < -0.3 is 10.5 Å². The van der Waals surface area contributed by atoms with E-state index in [0.29, 0.717) is 18.5 Å². The molecule has 0 spiro atoms. The van der Waals surface area contributed by atoms with Crippen LogP contribution in [0, 0.1) is 23.5 Å². The molecule has 0 aromatic heterocycles. The van der Waals surface area contributed by atoms with Crippen molar-refractivity contribution in [1.82, 2.24) is 0 Å². The zero-order valence-corrected chi connectivity index (χ0v) is 11.1. The normalized spacial score (nSPS) is 21.8. The first kappa shape index (κ1) is 14.7. The van der Waals surface area contributed by atoms with Gasteiger partial charge in [-0.2, -0.15) is 0 Å². The quantitative estimate of drug-likeness (QED) is 0.893. The molecule has 0 saturated heterocycles. The molecular formula is C14H18F2N2O2. The standard InChI is InChI=1S/C14H18F2N2O2/c15-11-4-5-13(12(16)6-11)18-14(19)20-8-10-3-1-2-9(10)7-17/h4-6,9-10H,1-3,7-8,17H2,(H,18,19). The van der Waals surface area contributed by atoms with Crippen LogP contribution in [0.15, 0.2) is 18.2 Å². The number of nitrogens with one attached hydrogen (secondary N) is 1. The maximum absolute atomic E-state index is 13.3. The first-order chi connectivity index (χ1) is 9.60. The van der Waals surface area contributed by atoms with Crippen molar-refractivity contribution in [3.05, 3.63) is 29.8 Å². The van der Waals surface area contributed by atoms with Crippen molar-refractivity contribution in [3.8, 4) is 0 Å². The van der Waals surface area contributed by atoms with Crippen LogP contribution in [0.2, 0.25) is 0 Å². The van der Waals surface area contributed by atoms with Gasteiger partial charge in [0.15, 0.2) is 0 Å². The predicted molar refractivity (Wildman–Crippen MR) is 71.2 cm³/mol. The smallest absolute Gasteiger partial charge is 0.411 e. The summed E-state index contributed by atoms with van der Waals surface area (Å²) in [4.78, 5) is 11.6. The lowest BCUT2D eigenvalue weighted by Crippen LogP contribution is -2.25. The molecule has 6 heteroatoms. The van der Waals surface area contributed by atoms with Gasteiger partial charge >= 0.3 is 6.09 Å². The Morgan fingerprint density at radius 3 is 2.80 bits per heavy atom. The molecule has 3 N–H and O–H groups in total. The van der Waals surface area contributed by atoms with Crippen LogP contribution in [0.25, 0.3) is 0 Å². The van der Waals surface area contributed by atoms with E-state index < -0.39 is 17.7 Å². The number of carbonyl (C=O) groups excluding carboxylic acids is 1. The molecule has 20 heavy (non-hydrogen) atoms. The van der Waals surface area contributed by atoms with Crippen molar-refractivity contribution in [3.63, 3.8) is 0 Å². The van der Waals surface area contributed by atoms with E-state index in [1.807, 2.05) is 0 Å². The second-order valence-corrected chi connectivity index (χ2v) is 5.03. The topological polar surface area (TPSA) is 64.3 Å². The minimum Gasteiger partial charge on any atom is -0.449 e. The van der Waals surface area contributed by atoms with Crippen molar-refractivity contribution in [2.75, 3.05) is 18.5 Å². The highest BCUT2D eigenvalue weighted by atomic mass is 19.1. The van der Waals surface area contributed by atoms with Crippen molar-refractivity contribution >= 4 is 11.8 Å². The molecule has 110 valence electrons. The van der Waals surface area contributed by atoms with Crippen LogP contribution in [0.3, 0.4) is 0 Å². The lowest BCUT2D eigenvalue weighted by atomic mass is 9.97.